The molecule has 0 heterocycles. The lowest BCUT2D eigenvalue weighted by Gasteiger charge is -2.61. The fourth-order valence-electron chi connectivity index (χ4n) is 3.43. The highest BCUT2D eigenvalue weighted by Crippen LogP contribution is 2.65. The third-order valence-corrected chi connectivity index (χ3v) is 3.42. The molecular weight excluding hydrogens is 152 g/mol. The van der Waals surface area contributed by atoms with Crippen LogP contribution in [0.2, 0.25) is 0 Å². The van der Waals surface area contributed by atoms with Gasteiger partial charge in [0.05, 0.1) is 5.92 Å². The topological polar surface area (TPSA) is 37.3 Å². The first kappa shape index (κ1) is 8.09. The Labute approximate surface area is 73.0 Å². The van der Waals surface area contributed by atoms with Crippen LogP contribution in [0.15, 0.2) is 0 Å². The summed E-state index contributed by atoms with van der Waals surface area (Å²) in [4.78, 5) is 10.6. The van der Waals surface area contributed by atoms with E-state index < -0.39 is 5.97 Å². The molecule has 2 aliphatic rings. The SMILES string of the molecule is CC1(C)CC2(CC(C(=O)O)C2)C1. The average molecular weight is 168 g/mol. The van der Waals surface area contributed by atoms with Gasteiger partial charge < -0.3 is 5.11 Å². The van der Waals surface area contributed by atoms with Gasteiger partial charge >= 0.3 is 5.97 Å². The summed E-state index contributed by atoms with van der Waals surface area (Å²) in [5, 5.41) is 8.72. The van der Waals surface area contributed by atoms with Gasteiger partial charge in [-0.2, -0.15) is 0 Å². The molecule has 0 amide bonds. The Bertz CT molecular complexity index is 214. The summed E-state index contributed by atoms with van der Waals surface area (Å²) >= 11 is 0. The number of rotatable bonds is 1. The molecule has 0 radical (unpaired) electrons. The molecule has 2 aliphatic carbocycles. The van der Waals surface area contributed by atoms with Crippen LogP contribution in [0.4, 0.5) is 0 Å². The number of aliphatic carboxylic acids is 1. The molecule has 0 bridgehead atoms. The van der Waals surface area contributed by atoms with Crippen molar-refractivity contribution in [2.24, 2.45) is 16.7 Å². The van der Waals surface area contributed by atoms with Crippen molar-refractivity contribution >= 4 is 5.97 Å². The largest absolute Gasteiger partial charge is 0.481 e. The Kier molecular flexibility index (Phi) is 1.37. The van der Waals surface area contributed by atoms with E-state index in [9.17, 15) is 4.79 Å². The second kappa shape index (κ2) is 2.04. The van der Waals surface area contributed by atoms with Crippen LogP contribution in [0.1, 0.15) is 39.5 Å². The van der Waals surface area contributed by atoms with Crippen LogP contribution in [-0.2, 0) is 4.79 Å². The van der Waals surface area contributed by atoms with Gasteiger partial charge in [-0.05, 0) is 36.5 Å². The molecule has 0 aromatic carbocycles. The zero-order valence-corrected chi connectivity index (χ0v) is 7.76. The van der Waals surface area contributed by atoms with Crippen LogP contribution in [0, 0.1) is 16.7 Å². The summed E-state index contributed by atoms with van der Waals surface area (Å²) in [5.74, 6) is -0.619. The van der Waals surface area contributed by atoms with E-state index in [4.69, 9.17) is 5.11 Å². The fourth-order valence-corrected chi connectivity index (χ4v) is 3.43. The maximum absolute atomic E-state index is 10.6. The van der Waals surface area contributed by atoms with Crippen molar-refractivity contribution in [3.05, 3.63) is 0 Å². The van der Waals surface area contributed by atoms with Gasteiger partial charge in [-0.25, -0.2) is 0 Å². The van der Waals surface area contributed by atoms with Crippen LogP contribution < -0.4 is 0 Å². The first-order valence-corrected chi connectivity index (χ1v) is 4.65. The number of carboxylic acids is 1. The molecule has 0 aromatic rings. The monoisotopic (exact) mass is 168 g/mol. The summed E-state index contributed by atoms with van der Waals surface area (Å²) < 4.78 is 0. The molecular formula is C10H16O2. The predicted octanol–water partition coefficient (Wildman–Crippen LogP) is 2.29. The van der Waals surface area contributed by atoms with Crippen molar-refractivity contribution in [3.63, 3.8) is 0 Å². The number of hydrogen-bond donors (Lipinski definition) is 1. The molecule has 1 spiro atoms. The summed E-state index contributed by atoms with van der Waals surface area (Å²) in [5.41, 5.74) is 0.941. The smallest absolute Gasteiger partial charge is 0.306 e. The molecule has 2 nitrogen and oxygen atoms in total. The standard InChI is InChI=1S/C10H16O2/c1-9(2)5-10(6-9)3-7(4-10)8(11)12/h7H,3-6H2,1-2H3,(H,11,12). The summed E-state index contributed by atoms with van der Waals surface area (Å²) in [6.45, 7) is 4.54. The third-order valence-electron chi connectivity index (χ3n) is 3.42. The lowest BCUT2D eigenvalue weighted by Crippen LogP contribution is -2.53. The van der Waals surface area contributed by atoms with Gasteiger partial charge in [-0.3, -0.25) is 4.79 Å². The minimum absolute atomic E-state index is 0.0268. The van der Waals surface area contributed by atoms with E-state index >= 15 is 0 Å². The Hall–Kier alpha value is -0.530. The van der Waals surface area contributed by atoms with Crippen molar-refractivity contribution in [2.75, 3.05) is 0 Å². The Balaban J connectivity index is 1.87. The lowest BCUT2D eigenvalue weighted by atomic mass is 9.44. The molecule has 2 heteroatoms. The lowest BCUT2D eigenvalue weighted by molar-refractivity contribution is -0.164. The highest BCUT2D eigenvalue weighted by atomic mass is 16.4. The molecule has 1 N–H and O–H groups in total. The van der Waals surface area contributed by atoms with Crippen molar-refractivity contribution in [1.29, 1.82) is 0 Å². The fraction of sp³-hybridized carbons (Fsp3) is 0.900. The predicted molar refractivity (Wildman–Crippen MR) is 45.8 cm³/mol. The first-order valence-electron chi connectivity index (χ1n) is 4.65. The summed E-state index contributed by atoms with van der Waals surface area (Å²) in [7, 11) is 0. The van der Waals surface area contributed by atoms with Gasteiger partial charge in [0.15, 0.2) is 0 Å². The highest BCUT2D eigenvalue weighted by molar-refractivity contribution is 5.71. The van der Waals surface area contributed by atoms with Crippen molar-refractivity contribution < 1.29 is 9.90 Å². The second-order valence-corrected chi connectivity index (χ2v) is 5.46. The Morgan fingerprint density at radius 1 is 1.33 bits per heavy atom. The van der Waals surface area contributed by atoms with Crippen LogP contribution in [-0.4, -0.2) is 11.1 Å². The van der Waals surface area contributed by atoms with Crippen LogP contribution in [0.3, 0.4) is 0 Å². The van der Waals surface area contributed by atoms with Crippen LogP contribution in [0.25, 0.3) is 0 Å². The molecule has 68 valence electrons. The normalized spacial score (nSPS) is 30.8. The van der Waals surface area contributed by atoms with Gasteiger partial charge in [-0.15, -0.1) is 0 Å². The molecule has 0 unspecified atom stereocenters. The molecule has 0 atom stereocenters. The molecule has 2 rings (SSSR count). The first-order chi connectivity index (χ1) is 5.43. The van der Waals surface area contributed by atoms with Gasteiger partial charge in [0.25, 0.3) is 0 Å². The molecule has 0 aliphatic heterocycles. The van der Waals surface area contributed by atoms with Gasteiger partial charge in [0.2, 0.25) is 0 Å². The summed E-state index contributed by atoms with van der Waals surface area (Å²) in [6, 6.07) is 0. The van der Waals surface area contributed by atoms with Crippen molar-refractivity contribution in [3.8, 4) is 0 Å². The quantitative estimate of drug-likeness (QED) is 0.652. The minimum Gasteiger partial charge on any atom is -0.481 e. The Morgan fingerprint density at radius 3 is 2.17 bits per heavy atom. The van der Waals surface area contributed by atoms with Crippen molar-refractivity contribution in [2.45, 2.75) is 39.5 Å². The van der Waals surface area contributed by atoms with E-state index in [1.54, 1.807) is 0 Å². The van der Waals surface area contributed by atoms with E-state index in [0.717, 1.165) is 12.8 Å². The van der Waals surface area contributed by atoms with Crippen LogP contribution in [0.5, 0.6) is 0 Å². The van der Waals surface area contributed by atoms with E-state index in [0.29, 0.717) is 10.8 Å². The molecule has 0 aromatic heterocycles. The number of carbonyl (C=O) groups is 1. The second-order valence-electron chi connectivity index (χ2n) is 5.46. The number of hydrogen-bond acceptors (Lipinski definition) is 1. The average Bonchev–Trinajstić information content (AvgIpc) is 1.75. The van der Waals surface area contributed by atoms with E-state index in [-0.39, 0.29) is 5.92 Å². The zero-order valence-electron chi connectivity index (χ0n) is 7.76. The van der Waals surface area contributed by atoms with Gasteiger partial charge in [0, 0.05) is 0 Å². The highest BCUT2D eigenvalue weighted by Gasteiger charge is 2.57. The van der Waals surface area contributed by atoms with Crippen LogP contribution >= 0.6 is 0 Å². The van der Waals surface area contributed by atoms with E-state index in [2.05, 4.69) is 13.8 Å². The Morgan fingerprint density at radius 2 is 1.83 bits per heavy atom. The minimum atomic E-state index is -0.592. The van der Waals surface area contributed by atoms with E-state index in [1.165, 1.54) is 12.8 Å². The van der Waals surface area contributed by atoms with Gasteiger partial charge in [0.1, 0.15) is 0 Å². The number of carboxylic acid groups (broad SMARTS) is 1. The molecule has 12 heavy (non-hydrogen) atoms. The third kappa shape index (κ3) is 1.05. The molecule has 2 fully saturated rings. The van der Waals surface area contributed by atoms with Gasteiger partial charge in [-0.1, -0.05) is 13.8 Å². The van der Waals surface area contributed by atoms with E-state index in [1.807, 2.05) is 0 Å². The van der Waals surface area contributed by atoms with Crippen molar-refractivity contribution in [1.82, 2.24) is 0 Å². The maximum atomic E-state index is 10.6. The maximum Gasteiger partial charge on any atom is 0.306 e. The zero-order chi connectivity index (χ0) is 8.98. The molecule has 2 saturated carbocycles. The summed E-state index contributed by atoms with van der Waals surface area (Å²) in [6.07, 6.45) is 4.35. The molecule has 0 saturated heterocycles.